The molecule has 0 N–H and O–H groups in total. The standard InChI is InChI=1S/C18H16ClN3OS/c19-13-6-7-16-15(12-13)20-17(24-16)18(23)22-10-8-21(9-11-22)14-4-2-1-3-5-14/h1-7,12H,8-11H2. The Balaban J connectivity index is 1.47. The van der Waals surface area contributed by atoms with E-state index in [2.05, 4.69) is 22.0 Å². The first-order valence-electron chi connectivity index (χ1n) is 7.86. The van der Waals surface area contributed by atoms with Gasteiger partial charge in [0.1, 0.15) is 0 Å². The van der Waals surface area contributed by atoms with E-state index in [4.69, 9.17) is 11.6 Å². The number of hydrogen-bond acceptors (Lipinski definition) is 4. The Bertz CT molecular complexity index is 872. The van der Waals surface area contributed by atoms with Crippen LogP contribution in [0.1, 0.15) is 9.80 Å². The number of benzene rings is 2. The van der Waals surface area contributed by atoms with Crippen LogP contribution in [0.4, 0.5) is 5.69 Å². The van der Waals surface area contributed by atoms with Crippen molar-refractivity contribution in [3.05, 3.63) is 58.6 Å². The van der Waals surface area contributed by atoms with Crippen molar-refractivity contribution in [2.24, 2.45) is 0 Å². The SMILES string of the molecule is O=C(c1nc2cc(Cl)ccc2s1)N1CCN(c2ccccc2)CC1. The van der Waals surface area contributed by atoms with Crippen LogP contribution in [0, 0.1) is 0 Å². The largest absolute Gasteiger partial charge is 0.368 e. The molecular weight excluding hydrogens is 342 g/mol. The molecule has 1 aliphatic rings. The summed E-state index contributed by atoms with van der Waals surface area (Å²) < 4.78 is 0.991. The molecule has 0 aliphatic carbocycles. The molecule has 1 amide bonds. The highest BCUT2D eigenvalue weighted by atomic mass is 35.5. The summed E-state index contributed by atoms with van der Waals surface area (Å²) in [7, 11) is 0. The van der Waals surface area contributed by atoms with Gasteiger partial charge in [0, 0.05) is 36.9 Å². The second-order valence-electron chi connectivity index (χ2n) is 5.75. The lowest BCUT2D eigenvalue weighted by molar-refractivity contribution is 0.0746. The predicted octanol–water partition coefficient (Wildman–Crippen LogP) is 3.91. The molecule has 0 spiro atoms. The molecule has 3 aromatic rings. The van der Waals surface area contributed by atoms with Gasteiger partial charge in [0.25, 0.3) is 5.91 Å². The van der Waals surface area contributed by atoms with Crippen molar-refractivity contribution < 1.29 is 4.79 Å². The topological polar surface area (TPSA) is 36.4 Å². The summed E-state index contributed by atoms with van der Waals surface area (Å²) in [5, 5.41) is 1.18. The van der Waals surface area contributed by atoms with E-state index in [1.165, 1.54) is 17.0 Å². The zero-order valence-corrected chi connectivity index (χ0v) is 14.6. The molecule has 0 bridgehead atoms. The van der Waals surface area contributed by atoms with E-state index >= 15 is 0 Å². The number of para-hydroxylation sites is 1. The highest BCUT2D eigenvalue weighted by molar-refractivity contribution is 7.20. The number of piperazine rings is 1. The molecule has 2 aromatic carbocycles. The second-order valence-corrected chi connectivity index (χ2v) is 7.21. The fourth-order valence-electron chi connectivity index (χ4n) is 2.93. The molecule has 0 radical (unpaired) electrons. The lowest BCUT2D eigenvalue weighted by atomic mass is 10.2. The van der Waals surface area contributed by atoms with Crippen molar-refractivity contribution in [1.82, 2.24) is 9.88 Å². The van der Waals surface area contributed by atoms with Crippen LogP contribution in [-0.2, 0) is 0 Å². The Hall–Kier alpha value is -2.11. The quantitative estimate of drug-likeness (QED) is 0.697. The molecule has 122 valence electrons. The molecular formula is C18H16ClN3OS. The fraction of sp³-hybridized carbons (Fsp3) is 0.222. The van der Waals surface area contributed by atoms with E-state index in [0.717, 1.165) is 23.3 Å². The first kappa shape index (κ1) is 15.4. The number of anilines is 1. The zero-order valence-electron chi connectivity index (χ0n) is 13.0. The average Bonchev–Trinajstić information content (AvgIpc) is 3.05. The van der Waals surface area contributed by atoms with Gasteiger partial charge in [-0.05, 0) is 30.3 Å². The third-order valence-corrected chi connectivity index (χ3v) is 5.48. The molecule has 4 nitrogen and oxygen atoms in total. The lowest BCUT2D eigenvalue weighted by Gasteiger charge is -2.35. The summed E-state index contributed by atoms with van der Waals surface area (Å²) in [4.78, 5) is 21.4. The van der Waals surface area contributed by atoms with Gasteiger partial charge in [-0.25, -0.2) is 4.98 Å². The first-order valence-corrected chi connectivity index (χ1v) is 9.05. The van der Waals surface area contributed by atoms with Crippen molar-refractivity contribution in [3.63, 3.8) is 0 Å². The van der Waals surface area contributed by atoms with Gasteiger partial charge in [-0.15, -0.1) is 11.3 Å². The van der Waals surface area contributed by atoms with Gasteiger partial charge < -0.3 is 9.80 Å². The van der Waals surface area contributed by atoms with Crippen LogP contribution in [0.5, 0.6) is 0 Å². The summed E-state index contributed by atoms with van der Waals surface area (Å²) in [5.74, 6) is 0.0139. The second kappa shape index (κ2) is 6.42. The Kier molecular flexibility index (Phi) is 4.12. The molecule has 24 heavy (non-hydrogen) atoms. The van der Waals surface area contributed by atoms with E-state index in [-0.39, 0.29) is 5.91 Å². The Morgan fingerprint density at radius 2 is 1.79 bits per heavy atom. The summed E-state index contributed by atoms with van der Waals surface area (Å²) in [6.07, 6.45) is 0. The van der Waals surface area contributed by atoms with Gasteiger partial charge in [0.2, 0.25) is 0 Å². The predicted molar refractivity (Wildman–Crippen MR) is 99.2 cm³/mol. The highest BCUT2D eigenvalue weighted by Crippen LogP contribution is 2.26. The monoisotopic (exact) mass is 357 g/mol. The minimum atomic E-state index is 0.0139. The van der Waals surface area contributed by atoms with Crippen LogP contribution in [0.25, 0.3) is 10.2 Å². The number of aromatic nitrogens is 1. The van der Waals surface area contributed by atoms with E-state index in [1.54, 1.807) is 6.07 Å². The normalized spacial score (nSPS) is 15.0. The van der Waals surface area contributed by atoms with Crippen LogP contribution in [0.3, 0.4) is 0 Å². The molecule has 2 heterocycles. The molecule has 1 fully saturated rings. The number of amides is 1. The van der Waals surface area contributed by atoms with Gasteiger partial charge >= 0.3 is 0 Å². The number of nitrogens with zero attached hydrogens (tertiary/aromatic N) is 3. The van der Waals surface area contributed by atoms with Gasteiger partial charge in [-0.2, -0.15) is 0 Å². The molecule has 1 aromatic heterocycles. The van der Waals surface area contributed by atoms with E-state index in [0.29, 0.717) is 23.1 Å². The molecule has 0 atom stereocenters. The van der Waals surface area contributed by atoms with Gasteiger partial charge in [-0.1, -0.05) is 29.8 Å². The van der Waals surface area contributed by atoms with Crippen molar-refractivity contribution >= 4 is 44.7 Å². The summed E-state index contributed by atoms with van der Waals surface area (Å²) in [6, 6.07) is 15.9. The summed E-state index contributed by atoms with van der Waals surface area (Å²) in [5.41, 5.74) is 2.00. The maximum absolute atomic E-state index is 12.7. The molecule has 0 saturated carbocycles. The number of rotatable bonds is 2. The van der Waals surface area contributed by atoms with Crippen LogP contribution >= 0.6 is 22.9 Å². The van der Waals surface area contributed by atoms with Crippen molar-refractivity contribution in [1.29, 1.82) is 0 Å². The summed E-state index contributed by atoms with van der Waals surface area (Å²) >= 11 is 7.42. The smallest absolute Gasteiger partial charge is 0.282 e. The van der Waals surface area contributed by atoms with Crippen LogP contribution in [0.2, 0.25) is 5.02 Å². The number of carbonyl (C=O) groups excluding carboxylic acids is 1. The van der Waals surface area contributed by atoms with Crippen molar-refractivity contribution in [2.75, 3.05) is 31.1 Å². The first-order chi connectivity index (χ1) is 11.7. The lowest BCUT2D eigenvalue weighted by Crippen LogP contribution is -2.48. The van der Waals surface area contributed by atoms with Crippen LogP contribution < -0.4 is 4.90 Å². The average molecular weight is 358 g/mol. The van der Waals surface area contributed by atoms with E-state index < -0.39 is 0 Å². The van der Waals surface area contributed by atoms with Crippen LogP contribution in [0.15, 0.2) is 48.5 Å². The number of carbonyl (C=O) groups is 1. The molecule has 4 rings (SSSR count). The maximum atomic E-state index is 12.7. The fourth-order valence-corrected chi connectivity index (χ4v) is 4.01. The van der Waals surface area contributed by atoms with Crippen molar-refractivity contribution in [2.45, 2.75) is 0 Å². The maximum Gasteiger partial charge on any atom is 0.282 e. The van der Waals surface area contributed by atoms with Crippen LogP contribution in [-0.4, -0.2) is 42.0 Å². The zero-order chi connectivity index (χ0) is 16.5. The Labute approximate surface area is 149 Å². The molecule has 1 aliphatic heterocycles. The molecule has 0 unspecified atom stereocenters. The van der Waals surface area contributed by atoms with Gasteiger partial charge in [0.15, 0.2) is 5.01 Å². The van der Waals surface area contributed by atoms with Gasteiger partial charge in [-0.3, -0.25) is 4.79 Å². The number of fused-ring (bicyclic) bond motifs is 1. The van der Waals surface area contributed by atoms with E-state index in [9.17, 15) is 4.79 Å². The third-order valence-electron chi connectivity index (χ3n) is 4.22. The van der Waals surface area contributed by atoms with Crippen molar-refractivity contribution in [3.8, 4) is 0 Å². The van der Waals surface area contributed by atoms with Gasteiger partial charge in [0.05, 0.1) is 10.2 Å². The molecule has 1 saturated heterocycles. The Morgan fingerprint density at radius 3 is 2.54 bits per heavy atom. The minimum absolute atomic E-state index is 0.0139. The highest BCUT2D eigenvalue weighted by Gasteiger charge is 2.24. The number of hydrogen-bond donors (Lipinski definition) is 0. The third kappa shape index (κ3) is 2.97. The van der Waals surface area contributed by atoms with E-state index in [1.807, 2.05) is 35.2 Å². The summed E-state index contributed by atoms with van der Waals surface area (Å²) in [6.45, 7) is 3.10. The Morgan fingerprint density at radius 1 is 1.04 bits per heavy atom. The molecule has 6 heteroatoms. The number of halogens is 1. The number of thiazole rings is 1. The minimum Gasteiger partial charge on any atom is -0.368 e.